The second-order valence-corrected chi connectivity index (χ2v) is 26.1. The van der Waals surface area contributed by atoms with Crippen molar-refractivity contribution in [3.63, 3.8) is 0 Å². The Bertz CT molecular complexity index is 2030. The van der Waals surface area contributed by atoms with Crippen molar-refractivity contribution < 1.29 is 0 Å². The lowest BCUT2D eigenvalue weighted by atomic mass is 10.1. The summed E-state index contributed by atoms with van der Waals surface area (Å²) in [6, 6.07) is 14.3. The molecule has 0 radical (unpaired) electrons. The lowest BCUT2D eigenvalue weighted by Crippen LogP contribution is -1.90. The number of unbranched alkanes of at least 4 members (excludes halogenated alkanes) is 18. The number of nitrogens with zero attached hydrogens (tertiary/aromatic N) is 2. The maximum absolute atomic E-state index is 5.53. The van der Waals surface area contributed by atoms with Gasteiger partial charge in [0.1, 0.15) is 0 Å². The van der Waals surface area contributed by atoms with Crippen molar-refractivity contribution in [3.8, 4) is 49.0 Å². The highest BCUT2D eigenvalue weighted by Crippen LogP contribution is 2.49. The largest absolute Gasteiger partial charge is 0.238 e. The van der Waals surface area contributed by atoms with Gasteiger partial charge in [-0.2, -0.15) is 0 Å². The lowest BCUT2D eigenvalue weighted by molar-refractivity contribution is 0.588. The first-order chi connectivity index (χ1) is 30.4. The van der Waals surface area contributed by atoms with E-state index in [1.807, 2.05) is 68.0 Å². The number of aryl methyl sites for hydroxylation is 4. The second kappa shape index (κ2) is 27.6. The van der Waals surface area contributed by atoms with Crippen LogP contribution in [-0.2, 0) is 25.7 Å². The number of hydrogen-bond donors (Lipinski definition) is 0. The highest BCUT2D eigenvalue weighted by molar-refractivity contribution is 9.11. The Morgan fingerprint density at radius 1 is 0.355 bits per heavy atom. The summed E-state index contributed by atoms with van der Waals surface area (Å²) in [5.74, 6) is 0. The van der Waals surface area contributed by atoms with Crippen molar-refractivity contribution >= 4 is 99.9 Å². The number of halogens is 2. The summed E-state index contributed by atoms with van der Waals surface area (Å²) in [7, 11) is 0. The van der Waals surface area contributed by atoms with E-state index in [9.17, 15) is 0 Å². The van der Waals surface area contributed by atoms with Gasteiger partial charge in [0.25, 0.3) is 0 Å². The van der Waals surface area contributed by atoms with Crippen LogP contribution in [0, 0.1) is 0 Å². The van der Waals surface area contributed by atoms with Crippen LogP contribution in [0.2, 0.25) is 0 Å². The molecule has 0 saturated heterocycles. The van der Waals surface area contributed by atoms with Gasteiger partial charge in [-0.15, -0.1) is 68.0 Å². The van der Waals surface area contributed by atoms with E-state index in [4.69, 9.17) is 9.97 Å². The van der Waals surface area contributed by atoms with E-state index in [-0.39, 0.29) is 0 Å². The van der Waals surface area contributed by atoms with Gasteiger partial charge in [-0.05, 0) is 131 Å². The van der Waals surface area contributed by atoms with Crippen molar-refractivity contribution in [2.24, 2.45) is 0 Å². The van der Waals surface area contributed by atoms with Crippen LogP contribution in [0.5, 0.6) is 0 Å². The van der Waals surface area contributed by atoms with E-state index in [1.165, 1.54) is 210 Å². The zero-order valence-corrected chi connectivity index (χ0v) is 46.0. The third-order valence-electron chi connectivity index (χ3n) is 11.9. The quantitative estimate of drug-likeness (QED) is 0.0406. The summed E-state index contributed by atoms with van der Waals surface area (Å²) in [6.45, 7) is 9.21. The molecule has 6 aromatic rings. The summed E-state index contributed by atoms with van der Waals surface area (Å²) in [5, 5.41) is 2.21. The zero-order chi connectivity index (χ0) is 43.5. The second-order valence-electron chi connectivity index (χ2n) is 17.1. The molecule has 6 aromatic heterocycles. The number of aromatic nitrogens is 2. The van der Waals surface area contributed by atoms with Crippen molar-refractivity contribution in [2.75, 3.05) is 0 Å². The molecule has 0 unspecified atom stereocenters. The van der Waals surface area contributed by atoms with Crippen LogP contribution in [-0.4, -0.2) is 9.97 Å². The molecule has 10 heteroatoms. The van der Waals surface area contributed by atoms with E-state index < -0.39 is 0 Å². The van der Waals surface area contributed by atoms with Gasteiger partial charge in [-0.25, -0.2) is 9.97 Å². The monoisotopic (exact) mass is 1070 g/mol. The Balaban J connectivity index is 1.30. The molecule has 0 aliphatic rings. The minimum absolute atomic E-state index is 1.04. The molecular weight excluding hydrogens is 1000 g/mol. The van der Waals surface area contributed by atoms with Gasteiger partial charge >= 0.3 is 0 Å². The predicted molar refractivity (Wildman–Crippen MR) is 291 cm³/mol. The van der Waals surface area contributed by atoms with Crippen molar-refractivity contribution in [3.05, 3.63) is 66.5 Å². The highest BCUT2D eigenvalue weighted by Gasteiger charge is 2.23. The van der Waals surface area contributed by atoms with E-state index in [0.29, 0.717) is 0 Å². The average molecular weight is 1080 g/mol. The van der Waals surface area contributed by atoms with Crippen LogP contribution in [0.1, 0.15) is 191 Å². The summed E-state index contributed by atoms with van der Waals surface area (Å²) in [4.78, 5) is 22.2. The van der Waals surface area contributed by atoms with Gasteiger partial charge in [-0.3, -0.25) is 0 Å². The van der Waals surface area contributed by atoms with Crippen LogP contribution >= 0.6 is 99.9 Å². The number of thiazole rings is 2. The Morgan fingerprint density at radius 2 is 0.661 bits per heavy atom. The molecule has 338 valence electrons. The van der Waals surface area contributed by atoms with Crippen molar-refractivity contribution in [1.29, 1.82) is 0 Å². The van der Waals surface area contributed by atoms with Gasteiger partial charge in [0.05, 0.1) is 28.7 Å². The number of thiophene rings is 4. The topological polar surface area (TPSA) is 25.8 Å². The van der Waals surface area contributed by atoms with Crippen LogP contribution < -0.4 is 0 Å². The van der Waals surface area contributed by atoms with Crippen LogP contribution in [0.3, 0.4) is 0 Å². The maximum atomic E-state index is 5.53. The molecule has 0 N–H and O–H groups in total. The van der Waals surface area contributed by atoms with E-state index in [0.717, 1.165) is 35.7 Å². The van der Waals surface area contributed by atoms with Gasteiger partial charge < -0.3 is 0 Å². The van der Waals surface area contributed by atoms with E-state index in [2.05, 4.69) is 96.0 Å². The first-order valence-corrected chi connectivity index (χ1v) is 30.7. The number of rotatable bonds is 31. The predicted octanol–water partition coefficient (Wildman–Crippen LogP) is 21.5. The average Bonchev–Trinajstić information content (AvgIpc) is 4.13. The fourth-order valence-electron chi connectivity index (χ4n) is 8.34. The molecular formula is C52H70Br2N2S6. The van der Waals surface area contributed by atoms with E-state index in [1.54, 1.807) is 0 Å². The fraction of sp³-hybridized carbons (Fsp3) is 0.577. The van der Waals surface area contributed by atoms with Gasteiger partial charge in [0.15, 0.2) is 10.0 Å². The summed E-state index contributed by atoms with van der Waals surface area (Å²) in [6.07, 6.45) is 33.1. The van der Waals surface area contributed by atoms with Crippen LogP contribution in [0.4, 0.5) is 0 Å². The Hall–Kier alpha value is -0.980. The van der Waals surface area contributed by atoms with Crippen LogP contribution in [0.25, 0.3) is 49.0 Å². The Morgan fingerprint density at radius 3 is 1.03 bits per heavy atom. The van der Waals surface area contributed by atoms with Gasteiger partial charge in [-0.1, -0.05) is 143 Å². The maximum Gasteiger partial charge on any atom is 0.153 e. The summed E-state index contributed by atoms with van der Waals surface area (Å²) >= 11 is 19.2. The molecule has 6 rings (SSSR count). The van der Waals surface area contributed by atoms with Gasteiger partial charge in [0, 0.05) is 29.3 Å². The molecule has 0 spiro atoms. The smallest absolute Gasteiger partial charge is 0.153 e. The minimum Gasteiger partial charge on any atom is -0.238 e. The molecule has 0 atom stereocenters. The minimum atomic E-state index is 1.04. The third kappa shape index (κ3) is 15.0. The van der Waals surface area contributed by atoms with E-state index >= 15 is 0 Å². The number of hydrogen-bond acceptors (Lipinski definition) is 8. The fourth-order valence-corrected chi connectivity index (χ4v) is 16.5. The zero-order valence-electron chi connectivity index (χ0n) is 37.9. The normalized spacial score (nSPS) is 11.8. The molecule has 2 nitrogen and oxygen atoms in total. The molecule has 0 aromatic carbocycles. The van der Waals surface area contributed by atoms with Crippen molar-refractivity contribution in [2.45, 2.75) is 195 Å². The first-order valence-electron chi connectivity index (χ1n) is 24.2. The molecule has 0 aliphatic heterocycles. The van der Waals surface area contributed by atoms with Crippen molar-refractivity contribution in [1.82, 2.24) is 9.97 Å². The first kappa shape index (κ1) is 50.4. The Labute approximate surface area is 416 Å². The molecule has 0 saturated carbocycles. The van der Waals surface area contributed by atoms with Gasteiger partial charge in [0.2, 0.25) is 0 Å². The summed E-state index contributed by atoms with van der Waals surface area (Å²) in [5.41, 5.74) is 5.54. The molecule has 62 heavy (non-hydrogen) atoms. The third-order valence-corrected chi connectivity index (χ3v) is 20.5. The standard InChI is InChI=1S/C52H70Br2N2S6/c1-5-9-13-17-19-21-25-29-39-49(43-33-31-41(57-43)47-37(35-45(53)59-47)27-23-15-11-7-3)61-51(55-39)52-56-40(30-26-22-20-18-14-10-6-2)50(62-52)44-34-32-42(58-44)48-38(36-46(54)60-48)28-24-16-12-8-4/h31-36H,5-30H2,1-4H3. The molecule has 0 bridgehead atoms. The Kier molecular flexibility index (Phi) is 22.5. The lowest BCUT2D eigenvalue weighted by Gasteiger charge is -2.03. The highest BCUT2D eigenvalue weighted by atomic mass is 79.9. The molecule has 6 heterocycles. The SMILES string of the molecule is CCCCCCCCCc1nc(-c2nc(CCCCCCCCC)c(-c3ccc(-c4sc(Br)cc4CCCCCC)s3)s2)sc1-c1ccc(-c2sc(Br)cc2CCCCCC)s1. The molecule has 0 fully saturated rings. The van der Waals surface area contributed by atoms with Crippen LogP contribution in [0.15, 0.2) is 44.0 Å². The molecule has 0 amide bonds. The summed E-state index contributed by atoms with van der Waals surface area (Å²) < 4.78 is 2.48. The molecule has 0 aliphatic carbocycles.